The van der Waals surface area contributed by atoms with Crippen LogP contribution in [0.4, 0.5) is 0 Å². The molecule has 0 saturated carbocycles. The summed E-state index contributed by atoms with van der Waals surface area (Å²) in [7, 11) is 0. The number of hydrogen-bond donors (Lipinski definition) is 5. The molecule has 12 heteroatoms. The molecule has 3 aromatic carbocycles. The number of rotatable bonds is 16. The molecule has 1 aliphatic heterocycles. The highest BCUT2D eigenvalue weighted by molar-refractivity contribution is 7.99. The van der Waals surface area contributed by atoms with Gasteiger partial charge in [-0.1, -0.05) is 97.4 Å². The molecular formula is C35H41N5O6S. The molecule has 0 aliphatic carbocycles. The molecule has 5 rings (SSSR count). The lowest BCUT2D eigenvalue weighted by atomic mass is 9.97. The molecule has 47 heavy (non-hydrogen) atoms. The predicted octanol–water partition coefficient (Wildman–Crippen LogP) is 5.76. The Hall–Kier alpha value is -4.07. The van der Waals surface area contributed by atoms with Crippen molar-refractivity contribution in [2.45, 2.75) is 81.8 Å². The summed E-state index contributed by atoms with van der Waals surface area (Å²) in [6, 6.07) is 24.0. The normalized spacial score (nSPS) is 17.7. The van der Waals surface area contributed by atoms with Crippen molar-refractivity contribution in [3.05, 3.63) is 101 Å². The first-order chi connectivity index (χ1) is 23.0. The van der Waals surface area contributed by atoms with Crippen LogP contribution in [0.1, 0.15) is 79.6 Å². The molecule has 1 saturated heterocycles. The summed E-state index contributed by atoms with van der Waals surface area (Å²) in [5.41, 5.74) is 7.50. The molecule has 248 valence electrons. The molecule has 1 aromatic heterocycles. The molecule has 11 nitrogen and oxygen atoms in total. The third kappa shape index (κ3) is 10.2. The van der Waals surface area contributed by atoms with Crippen LogP contribution in [0.3, 0.4) is 0 Å². The molecule has 5 N–H and O–H groups in total. The molecule has 1 fully saturated rings. The fraction of sp³-hybridized carbons (Fsp3) is 0.371. The number of benzene rings is 3. The van der Waals surface area contributed by atoms with E-state index in [0.717, 1.165) is 57.8 Å². The van der Waals surface area contributed by atoms with Crippen molar-refractivity contribution in [3.63, 3.8) is 0 Å². The number of hydrogen-bond acceptors (Lipinski definition) is 9. The Balaban J connectivity index is 1.20. The number of ether oxygens (including phenoxy) is 2. The summed E-state index contributed by atoms with van der Waals surface area (Å²) >= 11 is 1.56. The number of carbonyl (C=O) groups excluding carboxylic acids is 2. The van der Waals surface area contributed by atoms with Gasteiger partial charge in [0, 0.05) is 37.1 Å². The molecule has 4 aromatic rings. The fourth-order valence-electron chi connectivity index (χ4n) is 5.50. The van der Waals surface area contributed by atoms with E-state index in [0.29, 0.717) is 31.6 Å². The highest BCUT2D eigenvalue weighted by Gasteiger charge is 2.32. The van der Waals surface area contributed by atoms with E-state index < -0.39 is 6.29 Å². The van der Waals surface area contributed by atoms with Gasteiger partial charge in [0.15, 0.2) is 11.4 Å². The van der Waals surface area contributed by atoms with Gasteiger partial charge in [-0.05, 0) is 40.7 Å². The minimum absolute atomic E-state index is 0.00759. The Morgan fingerprint density at radius 1 is 0.894 bits per heavy atom. The van der Waals surface area contributed by atoms with Crippen molar-refractivity contribution >= 4 is 23.6 Å². The number of aliphatic hydroxyl groups excluding tert-OH is 1. The van der Waals surface area contributed by atoms with Gasteiger partial charge >= 0.3 is 0 Å². The minimum atomic E-state index is -0.568. The molecule has 0 unspecified atom stereocenters. The third-order valence-electron chi connectivity index (χ3n) is 8.08. The van der Waals surface area contributed by atoms with E-state index >= 15 is 0 Å². The van der Waals surface area contributed by atoms with Crippen LogP contribution in [-0.4, -0.2) is 49.2 Å². The maximum absolute atomic E-state index is 12.5. The predicted molar refractivity (Wildman–Crippen MR) is 177 cm³/mol. The van der Waals surface area contributed by atoms with Gasteiger partial charge < -0.3 is 19.9 Å². The van der Waals surface area contributed by atoms with E-state index in [2.05, 4.69) is 38.7 Å². The summed E-state index contributed by atoms with van der Waals surface area (Å²) in [5, 5.41) is 28.6. The van der Waals surface area contributed by atoms with Crippen LogP contribution in [-0.2, 0) is 32.2 Å². The number of unbranched alkanes of at least 4 members (excludes halogenated alkanes) is 3. The average molecular weight is 660 g/mol. The molecular weight excluding hydrogens is 618 g/mol. The van der Waals surface area contributed by atoms with Crippen LogP contribution >= 0.6 is 11.8 Å². The number of aliphatic hydroxyl groups is 1. The van der Waals surface area contributed by atoms with E-state index in [1.807, 2.05) is 54.6 Å². The molecule has 2 amide bonds. The van der Waals surface area contributed by atoms with E-state index in [1.165, 1.54) is 6.33 Å². The molecule has 3 atom stereocenters. The topological polar surface area (TPSA) is 159 Å². The Morgan fingerprint density at radius 2 is 1.62 bits per heavy atom. The maximum atomic E-state index is 12.5. The molecule has 0 spiro atoms. The highest BCUT2D eigenvalue weighted by Crippen LogP contribution is 2.39. The number of thioether (sulfide) groups is 1. The maximum Gasteiger partial charge on any atom is 0.243 e. The molecule has 0 bridgehead atoms. The first-order valence-corrected chi connectivity index (χ1v) is 16.9. The molecule has 2 heterocycles. The van der Waals surface area contributed by atoms with Gasteiger partial charge in [-0.2, -0.15) is 5.10 Å². The number of hydroxylamine groups is 1. The second kappa shape index (κ2) is 17.7. The monoisotopic (exact) mass is 659 g/mol. The van der Waals surface area contributed by atoms with Gasteiger partial charge in [-0.15, -0.1) is 0 Å². The third-order valence-corrected chi connectivity index (χ3v) is 9.09. The van der Waals surface area contributed by atoms with Crippen molar-refractivity contribution in [2.24, 2.45) is 0 Å². The Morgan fingerprint density at radius 3 is 2.32 bits per heavy atom. The van der Waals surface area contributed by atoms with Crippen LogP contribution in [0.15, 0.2) is 84.3 Å². The van der Waals surface area contributed by atoms with Crippen LogP contribution in [0, 0.1) is 0 Å². The lowest BCUT2D eigenvalue weighted by Gasteiger charge is -2.36. The minimum Gasteiger partial charge on any atom is -0.392 e. The second-order valence-corrected chi connectivity index (χ2v) is 12.5. The number of aromatic nitrogens is 3. The zero-order valence-corrected chi connectivity index (χ0v) is 27.0. The van der Waals surface area contributed by atoms with Crippen molar-refractivity contribution in [1.82, 2.24) is 26.0 Å². The summed E-state index contributed by atoms with van der Waals surface area (Å²) in [5.74, 6) is 0.289. The smallest absolute Gasteiger partial charge is 0.243 e. The summed E-state index contributed by atoms with van der Waals surface area (Å²) in [6.45, 7) is 0.413. The lowest BCUT2D eigenvalue weighted by Crippen LogP contribution is -2.31. The molecule has 0 radical (unpaired) electrons. The van der Waals surface area contributed by atoms with Crippen LogP contribution in [0.25, 0.3) is 11.1 Å². The largest absolute Gasteiger partial charge is 0.392 e. The summed E-state index contributed by atoms with van der Waals surface area (Å²) in [6.07, 6.45) is 5.14. The number of nitrogens with one attached hydrogen (secondary N) is 3. The standard InChI is InChI=1S/C35H41N5O6S/c41-21-24-11-13-26(14-12-24)31-19-29(22-47-35-37-23-38-39-35)45-34(46-31)27-17-15-25(16-18-27)30-8-6-5-7-28(30)20-36-32(42)9-3-1-2-4-10-33(43)40-44/h5-8,11-18,23,29,31,34,41,44H,1-4,9-10,19-22H2,(H,36,42)(H,40,43)(H,37,38,39)/t29-,31+,34+/m0/s1. The van der Waals surface area contributed by atoms with Crippen molar-refractivity contribution in [3.8, 4) is 11.1 Å². The van der Waals surface area contributed by atoms with Crippen LogP contribution < -0.4 is 10.8 Å². The number of H-pyrrole nitrogens is 1. The first kappa shape index (κ1) is 34.3. The fourth-order valence-corrected chi connectivity index (χ4v) is 6.29. The van der Waals surface area contributed by atoms with Crippen LogP contribution in [0.5, 0.6) is 0 Å². The highest BCUT2D eigenvalue weighted by atomic mass is 32.2. The zero-order valence-electron chi connectivity index (χ0n) is 26.1. The number of amides is 2. The summed E-state index contributed by atoms with van der Waals surface area (Å²) < 4.78 is 12.9. The summed E-state index contributed by atoms with van der Waals surface area (Å²) in [4.78, 5) is 27.8. The number of carbonyl (C=O) groups is 2. The first-order valence-electron chi connectivity index (χ1n) is 15.9. The van der Waals surface area contributed by atoms with E-state index in [-0.39, 0.29) is 37.0 Å². The molecule has 1 aliphatic rings. The quantitative estimate of drug-likeness (QED) is 0.0436. The van der Waals surface area contributed by atoms with Gasteiger partial charge in [0.2, 0.25) is 11.8 Å². The van der Waals surface area contributed by atoms with Crippen molar-refractivity contribution in [1.29, 1.82) is 0 Å². The van der Waals surface area contributed by atoms with E-state index in [1.54, 1.807) is 17.2 Å². The average Bonchev–Trinajstić information content (AvgIpc) is 3.65. The lowest BCUT2D eigenvalue weighted by molar-refractivity contribution is -0.245. The Kier molecular flexibility index (Phi) is 12.9. The number of aromatic amines is 1. The zero-order chi connectivity index (χ0) is 32.8. The van der Waals surface area contributed by atoms with Gasteiger partial charge in [-0.25, -0.2) is 10.5 Å². The second-order valence-electron chi connectivity index (χ2n) is 11.5. The van der Waals surface area contributed by atoms with Crippen LogP contribution in [0.2, 0.25) is 0 Å². The van der Waals surface area contributed by atoms with E-state index in [4.69, 9.17) is 14.7 Å². The Bertz CT molecular complexity index is 1550. The van der Waals surface area contributed by atoms with E-state index in [9.17, 15) is 14.7 Å². The van der Waals surface area contributed by atoms with Gasteiger partial charge in [0.05, 0.1) is 18.8 Å². The van der Waals surface area contributed by atoms with Gasteiger partial charge in [-0.3, -0.25) is 19.9 Å². The number of nitrogens with zero attached hydrogens (tertiary/aromatic N) is 2. The Labute approximate surface area is 278 Å². The SMILES string of the molecule is O=C(CCCCCCC(=O)NCc1ccccc1-c1ccc([C@@H]2O[C@H](CSc3ncn[nH]3)C[C@H](c3ccc(CO)cc3)O2)cc1)NO. The van der Waals surface area contributed by atoms with Gasteiger partial charge in [0.25, 0.3) is 0 Å². The van der Waals surface area contributed by atoms with Crippen molar-refractivity contribution < 1.29 is 29.4 Å². The van der Waals surface area contributed by atoms with Crippen molar-refractivity contribution in [2.75, 3.05) is 5.75 Å². The van der Waals surface area contributed by atoms with Gasteiger partial charge in [0.1, 0.15) is 6.33 Å².